The number of nitrogens with one attached hydrogen (secondary N) is 1. The lowest BCUT2D eigenvalue weighted by atomic mass is 10.1. The Kier molecular flexibility index (Phi) is 4.55. The number of hydrogen-bond donors (Lipinski definition) is 1. The summed E-state index contributed by atoms with van der Waals surface area (Å²) in [7, 11) is 0. The van der Waals surface area contributed by atoms with E-state index in [2.05, 4.69) is 56.5 Å². The highest BCUT2D eigenvalue weighted by molar-refractivity contribution is 9.10. The van der Waals surface area contributed by atoms with E-state index in [4.69, 9.17) is 4.74 Å². The summed E-state index contributed by atoms with van der Waals surface area (Å²) in [5.74, 6) is 0.954. The van der Waals surface area contributed by atoms with Crippen LogP contribution in [0.5, 0.6) is 5.75 Å². The second-order valence-corrected chi connectivity index (χ2v) is 6.01. The average molecular weight is 335 g/mol. The van der Waals surface area contributed by atoms with Gasteiger partial charge in [-0.15, -0.1) is 0 Å². The molecule has 0 aliphatic carbocycles. The van der Waals surface area contributed by atoms with Crippen molar-refractivity contribution in [2.75, 3.05) is 39.3 Å². The van der Waals surface area contributed by atoms with Crippen LogP contribution in [0.15, 0.2) is 40.9 Å². The predicted molar refractivity (Wildman–Crippen MR) is 86.5 cm³/mol. The molecule has 3 nitrogen and oxygen atoms in total. The van der Waals surface area contributed by atoms with E-state index in [1.807, 2.05) is 6.07 Å². The highest BCUT2D eigenvalue weighted by Gasteiger charge is 2.08. The number of benzene rings is 2. The molecule has 0 amide bonds. The maximum Gasteiger partial charge on any atom is 0.120 e. The first kappa shape index (κ1) is 13.9. The third-order valence-electron chi connectivity index (χ3n) is 3.66. The van der Waals surface area contributed by atoms with E-state index in [0.717, 1.165) is 49.6 Å². The first-order valence-corrected chi connectivity index (χ1v) is 7.86. The molecule has 0 bridgehead atoms. The first-order valence-electron chi connectivity index (χ1n) is 7.06. The zero-order chi connectivity index (χ0) is 13.8. The molecule has 0 radical (unpaired) electrons. The molecule has 0 unspecified atom stereocenters. The second-order valence-electron chi connectivity index (χ2n) is 5.09. The van der Waals surface area contributed by atoms with Gasteiger partial charge in [-0.1, -0.05) is 28.1 Å². The van der Waals surface area contributed by atoms with Crippen molar-refractivity contribution in [1.29, 1.82) is 0 Å². The minimum Gasteiger partial charge on any atom is -0.492 e. The molecule has 0 atom stereocenters. The van der Waals surface area contributed by atoms with Gasteiger partial charge in [-0.05, 0) is 35.0 Å². The summed E-state index contributed by atoms with van der Waals surface area (Å²) in [6, 6.07) is 12.6. The van der Waals surface area contributed by atoms with E-state index in [0.29, 0.717) is 0 Å². The molecule has 106 valence electrons. The van der Waals surface area contributed by atoms with Crippen molar-refractivity contribution in [1.82, 2.24) is 10.2 Å². The van der Waals surface area contributed by atoms with Gasteiger partial charge < -0.3 is 10.1 Å². The summed E-state index contributed by atoms with van der Waals surface area (Å²) in [6.07, 6.45) is 0. The average Bonchev–Trinajstić information content (AvgIpc) is 2.48. The van der Waals surface area contributed by atoms with Gasteiger partial charge in [0.15, 0.2) is 0 Å². The van der Waals surface area contributed by atoms with Crippen molar-refractivity contribution < 1.29 is 4.74 Å². The van der Waals surface area contributed by atoms with Crippen LogP contribution in [-0.4, -0.2) is 44.2 Å². The van der Waals surface area contributed by atoms with Crippen LogP contribution in [0.3, 0.4) is 0 Å². The molecular weight excluding hydrogens is 316 g/mol. The molecule has 0 saturated carbocycles. The standard InChI is InChI=1S/C16H19BrN2O/c17-15-3-1-14-12-16(4-2-13(14)11-15)20-10-9-19-7-5-18-6-8-19/h1-4,11-12,18H,5-10H2. The highest BCUT2D eigenvalue weighted by Crippen LogP contribution is 2.24. The fourth-order valence-electron chi connectivity index (χ4n) is 2.51. The van der Waals surface area contributed by atoms with Gasteiger partial charge in [-0.2, -0.15) is 0 Å². The van der Waals surface area contributed by atoms with Crippen molar-refractivity contribution in [3.63, 3.8) is 0 Å². The summed E-state index contributed by atoms with van der Waals surface area (Å²) >= 11 is 3.50. The Morgan fingerprint density at radius 2 is 1.80 bits per heavy atom. The van der Waals surface area contributed by atoms with Crippen molar-refractivity contribution in [3.8, 4) is 5.75 Å². The van der Waals surface area contributed by atoms with Gasteiger partial charge in [0, 0.05) is 37.2 Å². The van der Waals surface area contributed by atoms with Crippen LogP contribution in [0.25, 0.3) is 10.8 Å². The van der Waals surface area contributed by atoms with E-state index in [1.54, 1.807) is 0 Å². The Morgan fingerprint density at radius 3 is 2.65 bits per heavy atom. The number of nitrogens with zero attached hydrogens (tertiary/aromatic N) is 1. The fourth-order valence-corrected chi connectivity index (χ4v) is 2.89. The molecule has 1 aliphatic rings. The molecule has 3 rings (SSSR count). The minimum absolute atomic E-state index is 0.752. The van der Waals surface area contributed by atoms with Crippen LogP contribution in [0.1, 0.15) is 0 Å². The quantitative estimate of drug-likeness (QED) is 0.930. The van der Waals surface area contributed by atoms with Gasteiger partial charge in [-0.25, -0.2) is 0 Å². The lowest BCUT2D eigenvalue weighted by Crippen LogP contribution is -2.44. The maximum atomic E-state index is 5.87. The normalized spacial score (nSPS) is 16.4. The molecule has 1 fully saturated rings. The fraction of sp³-hybridized carbons (Fsp3) is 0.375. The summed E-state index contributed by atoms with van der Waals surface area (Å²) in [5, 5.41) is 5.81. The lowest BCUT2D eigenvalue weighted by molar-refractivity contribution is 0.191. The van der Waals surface area contributed by atoms with E-state index in [1.165, 1.54) is 10.8 Å². The molecule has 1 N–H and O–H groups in total. The van der Waals surface area contributed by atoms with Crippen molar-refractivity contribution in [3.05, 3.63) is 40.9 Å². The van der Waals surface area contributed by atoms with E-state index < -0.39 is 0 Å². The van der Waals surface area contributed by atoms with Crippen LogP contribution >= 0.6 is 15.9 Å². The molecule has 2 aromatic rings. The van der Waals surface area contributed by atoms with E-state index in [9.17, 15) is 0 Å². The minimum atomic E-state index is 0.752. The third-order valence-corrected chi connectivity index (χ3v) is 4.15. The Hall–Kier alpha value is -1.10. The largest absolute Gasteiger partial charge is 0.492 e. The second kappa shape index (κ2) is 6.57. The van der Waals surface area contributed by atoms with Crippen molar-refractivity contribution >= 4 is 26.7 Å². The smallest absolute Gasteiger partial charge is 0.120 e. The summed E-state index contributed by atoms with van der Waals surface area (Å²) in [4.78, 5) is 2.44. The van der Waals surface area contributed by atoms with Gasteiger partial charge >= 0.3 is 0 Å². The van der Waals surface area contributed by atoms with Gasteiger partial charge in [0.05, 0.1) is 0 Å². The molecule has 1 saturated heterocycles. The van der Waals surface area contributed by atoms with Crippen LogP contribution in [0.2, 0.25) is 0 Å². The van der Waals surface area contributed by atoms with Crippen LogP contribution in [-0.2, 0) is 0 Å². The summed E-state index contributed by atoms with van der Waals surface area (Å²) in [6.45, 7) is 6.17. The van der Waals surface area contributed by atoms with Gasteiger partial charge in [0.25, 0.3) is 0 Å². The number of piperazine rings is 1. The Labute approximate surface area is 128 Å². The molecule has 4 heteroatoms. The molecule has 0 aromatic heterocycles. The zero-order valence-corrected chi connectivity index (χ0v) is 13.0. The highest BCUT2D eigenvalue weighted by atomic mass is 79.9. The van der Waals surface area contributed by atoms with E-state index in [-0.39, 0.29) is 0 Å². The van der Waals surface area contributed by atoms with Gasteiger partial charge in [0.2, 0.25) is 0 Å². The number of hydrogen-bond acceptors (Lipinski definition) is 3. The Balaban J connectivity index is 1.58. The number of halogens is 1. The molecule has 2 aromatic carbocycles. The van der Waals surface area contributed by atoms with Crippen LogP contribution in [0, 0.1) is 0 Å². The number of ether oxygens (including phenoxy) is 1. The van der Waals surface area contributed by atoms with Gasteiger partial charge in [-0.3, -0.25) is 4.90 Å². The molecule has 0 spiro atoms. The van der Waals surface area contributed by atoms with Crippen molar-refractivity contribution in [2.24, 2.45) is 0 Å². The molecule has 20 heavy (non-hydrogen) atoms. The summed E-state index contributed by atoms with van der Waals surface area (Å²) in [5.41, 5.74) is 0. The van der Waals surface area contributed by atoms with Crippen molar-refractivity contribution in [2.45, 2.75) is 0 Å². The maximum absolute atomic E-state index is 5.87. The summed E-state index contributed by atoms with van der Waals surface area (Å²) < 4.78 is 6.98. The molecular formula is C16H19BrN2O. The lowest BCUT2D eigenvalue weighted by Gasteiger charge is -2.26. The van der Waals surface area contributed by atoms with Crippen LogP contribution < -0.4 is 10.1 Å². The molecule has 1 aliphatic heterocycles. The van der Waals surface area contributed by atoms with E-state index >= 15 is 0 Å². The van der Waals surface area contributed by atoms with Crippen LogP contribution in [0.4, 0.5) is 0 Å². The molecule has 1 heterocycles. The Bertz CT molecular complexity index is 582. The first-order chi connectivity index (χ1) is 9.81. The number of rotatable bonds is 4. The zero-order valence-electron chi connectivity index (χ0n) is 11.4. The predicted octanol–water partition coefficient (Wildman–Crippen LogP) is 2.89. The van der Waals surface area contributed by atoms with Gasteiger partial charge in [0.1, 0.15) is 12.4 Å². The monoisotopic (exact) mass is 334 g/mol. The number of fused-ring (bicyclic) bond motifs is 1. The topological polar surface area (TPSA) is 24.5 Å². The Morgan fingerprint density at radius 1 is 1.05 bits per heavy atom. The third kappa shape index (κ3) is 3.51. The SMILES string of the molecule is Brc1ccc2cc(OCCN3CCNCC3)ccc2c1.